The zero-order valence-corrected chi connectivity index (χ0v) is 18.6. The van der Waals surface area contributed by atoms with Crippen molar-refractivity contribution in [1.29, 1.82) is 0 Å². The predicted molar refractivity (Wildman–Crippen MR) is 120 cm³/mol. The first-order valence-corrected chi connectivity index (χ1v) is 12.1. The molecule has 0 amide bonds. The normalized spacial score (nSPS) is 15.2. The second kappa shape index (κ2) is 8.74. The average Bonchev–Trinajstić information content (AvgIpc) is 3.24. The van der Waals surface area contributed by atoms with Gasteiger partial charge in [0.15, 0.2) is 5.13 Å². The number of sulfonamides is 1. The van der Waals surface area contributed by atoms with Crippen LogP contribution in [0.1, 0.15) is 16.8 Å². The van der Waals surface area contributed by atoms with Gasteiger partial charge in [-0.3, -0.25) is 10.1 Å². The van der Waals surface area contributed by atoms with E-state index in [0.717, 1.165) is 17.2 Å². The van der Waals surface area contributed by atoms with Crippen LogP contribution in [0.2, 0.25) is 0 Å². The number of thiazole rings is 1. The molecule has 0 bridgehead atoms. The van der Waals surface area contributed by atoms with Crippen LogP contribution >= 0.6 is 11.3 Å². The van der Waals surface area contributed by atoms with Gasteiger partial charge in [-0.15, -0.1) is 11.3 Å². The molecule has 4 rings (SSSR count). The summed E-state index contributed by atoms with van der Waals surface area (Å²) in [5.74, 6) is 0. The van der Waals surface area contributed by atoms with Gasteiger partial charge in [-0.2, -0.15) is 4.31 Å². The minimum atomic E-state index is -3.68. The van der Waals surface area contributed by atoms with Gasteiger partial charge in [0.05, 0.1) is 15.5 Å². The lowest BCUT2D eigenvalue weighted by molar-refractivity contribution is -0.384. The summed E-state index contributed by atoms with van der Waals surface area (Å²) in [4.78, 5) is 17.2. The molecule has 1 saturated heterocycles. The van der Waals surface area contributed by atoms with Crippen molar-refractivity contribution in [3.63, 3.8) is 0 Å². The van der Waals surface area contributed by atoms with E-state index in [9.17, 15) is 18.5 Å². The lowest BCUT2D eigenvalue weighted by atomic mass is 10.1. The Morgan fingerprint density at radius 1 is 1.03 bits per heavy atom. The van der Waals surface area contributed by atoms with E-state index in [-0.39, 0.29) is 10.6 Å². The molecule has 0 aliphatic carbocycles. The van der Waals surface area contributed by atoms with Gasteiger partial charge in [-0.1, -0.05) is 29.8 Å². The molecule has 2 heterocycles. The Morgan fingerprint density at radius 2 is 1.68 bits per heavy atom. The Hall–Kier alpha value is -2.82. The molecule has 0 spiro atoms. The lowest BCUT2D eigenvalue weighted by Crippen LogP contribution is -2.48. The maximum Gasteiger partial charge on any atom is 0.269 e. The highest BCUT2D eigenvalue weighted by Crippen LogP contribution is 2.26. The number of aromatic nitrogens is 1. The number of non-ortho nitro benzene ring substituents is 1. The van der Waals surface area contributed by atoms with Crippen molar-refractivity contribution in [2.45, 2.75) is 18.2 Å². The third kappa shape index (κ3) is 4.76. The van der Waals surface area contributed by atoms with E-state index >= 15 is 0 Å². The van der Waals surface area contributed by atoms with E-state index in [1.54, 1.807) is 11.3 Å². The fraction of sp³-hybridized carbons (Fsp3) is 0.286. The standard InChI is InChI=1S/C21H22N4O4S2/c1-16-2-4-17(5-3-16)14-18-15-30-21(22-18)23-10-12-24(13-11-23)31(28,29)20-8-6-19(7-9-20)25(26)27/h2-9,15H,10-14H2,1H3. The smallest absolute Gasteiger partial charge is 0.269 e. The number of anilines is 1. The number of nitro benzene ring substituents is 1. The molecule has 0 saturated carbocycles. The van der Waals surface area contributed by atoms with Crippen LogP contribution < -0.4 is 4.90 Å². The first kappa shape index (κ1) is 21.4. The molecule has 1 aromatic heterocycles. The van der Waals surface area contributed by atoms with Gasteiger partial charge in [0.25, 0.3) is 5.69 Å². The van der Waals surface area contributed by atoms with Crippen LogP contribution in [0.15, 0.2) is 58.8 Å². The summed E-state index contributed by atoms with van der Waals surface area (Å²) in [6.45, 7) is 3.83. The number of nitrogens with zero attached hydrogens (tertiary/aromatic N) is 4. The first-order valence-electron chi connectivity index (χ1n) is 9.82. The minimum Gasteiger partial charge on any atom is -0.345 e. The van der Waals surface area contributed by atoms with E-state index in [1.165, 1.54) is 39.7 Å². The molecule has 1 fully saturated rings. The molecule has 8 nitrogen and oxygen atoms in total. The van der Waals surface area contributed by atoms with Crippen molar-refractivity contribution in [3.05, 3.63) is 80.8 Å². The highest BCUT2D eigenvalue weighted by Gasteiger charge is 2.29. The van der Waals surface area contributed by atoms with Crippen LogP contribution in [-0.2, 0) is 16.4 Å². The van der Waals surface area contributed by atoms with Gasteiger partial charge < -0.3 is 4.90 Å². The van der Waals surface area contributed by atoms with Crippen LogP contribution in [0.5, 0.6) is 0 Å². The van der Waals surface area contributed by atoms with Crippen LogP contribution in [0, 0.1) is 17.0 Å². The molecule has 2 aromatic carbocycles. The van der Waals surface area contributed by atoms with Crippen molar-refractivity contribution in [3.8, 4) is 0 Å². The molecule has 162 valence electrons. The summed E-state index contributed by atoms with van der Waals surface area (Å²) in [6, 6.07) is 13.4. The van der Waals surface area contributed by atoms with Crippen LogP contribution in [0.4, 0.5) is 10.8 Å². The molecular formula is C21H22N4O4S2. The van der Waals surface area contributed by atoms with Crippen molar-refractivity contribution in [2.75, 3.05) is 31.1 Å². The Kier molecular flexibility index (Phi) is 6.03. The largest absolute Gasteiger partial charge is 0.345 e. The number of benzene rings is 2. The van der Waals surface area contributed by atoms with E-state index in [2.05, 4.69) is 41.5 Å². The van der Waals surface area contributed by atoms with Gasteiger partial charge in [-0.05, 0) is 24.6 Å². The number of aryl methyl sites for hydroxylation is 1. The number of hydrogen-bond donors (Lipinski definition) is 0. The molecule has 0 N–H and O–H groups in total. The molecule has 1 aliphatic heterocycles. The first-order chi connectivity index (χ1) is 14.8. The molecular weight excluding hydrogens is 436 g/mol. The molecule has 0 radical (unpaired) electrons. The topological polar surface area (TPSA) is 96.7 Å². The molecule has 10 heteroatoms. The summed E-state index contributed by atoms with van der Waals surface area (Å²) in [6.07, 6.45) is 0.769. The monoisotopic (exact) mass is 458 g/mol. The Balaban J connectivity index is 1.38. The Labute approximate surface area is 185 Å². The second-order valence-electron chi connectivity index (χ2n) is 7.43. The average molecular weight is 459 g/mol. The minimum absolute atomic E-state index is 0.0705. The summed E-state index contributed by atoms with van der Waals surface area (Å²) >= 11 is 1.57. The van der Waals surface area contributed by atoms with E-state index in [1.807, 2.05) is 0 Å². The fourth-order valence-corrected chi connectivity index (χ4v) is 5.75. The molecule has 31 heavy (non-hydrogen) atoms. The molecule has 0 atom stereocenters. The summed E-state index contributed by atoms with van der Waals surface area (Å²) in [7, 11) is -3.68. The summed E-state index contributed by atoms with van der Waals surface area (Å²) < 4.78 is 27.2. The Bertz CT molecular complexity index is 1170. The fourth-order valence-electron chi connectivity index (χ4n) is 3.45. The van der Waals surface area contributed by atoms with Gasteiger partial charge in [0, 0.05) is 50.1 Å². The molecule has 0 unspecified atom stereocenters. The Morgan fingerprint density at radius 3 is 2.29 bits per heavy atom. The van der Waals surface area contributed by atoms with Crippen molar-refractivity contribution in [2.24, 2.45) is 0 Å². The van der Waals surface area contributed by atoms with E-state index in [0.29, 0.717) is 26.2 Å². The maximum absolute atomic E-state index is 12.9. The van der Waals surface area contributed by atoms with Crippen molar-refractivity contribution in [1.82, 2.24) is 9.29 Å². The van der Waals surface area contributed by atoms with E-state index < -0.39 is 14.9 Å². The van der Waals surface area contributed by atoms with Crippen molar-refractivity contribution >= 4 is 32.2 Å². The van der Waals surface area contributed by atoms with Crippen LogP contribution in [0.25, 0.3) is 0 Å². The summed E-state index contributed by atoms with van der Waals surface area (Å²) in [5, 5.41) is 13.7. The number of rotatable bonds is 6. The van der Waals surface area contributed by atoms with Gasteiger partial charge >= 0.3 is 0 Å². The van der Waals surface area contributed by atoms with E-state index in [4.69, 9.17) is 4.98 Å². The second-order valence-corrected chi connectivity index (χ2v) is 10.2. The highest BCUT2D eigenvalue weighted by molar-refractivity contribution is 7.89. The van der Waals surface area contributed by atoms with Crippen LogP contribution in [-0.4, -0.2) is 48.8 Å². The SMILES string of the molecule is Cc1ccc(Cc2csc(N3CCN(S(=O)(=O)c4ccc([N+](=O)[O-])cc4)CC3)n2)cc1. The third-order valence-corrected chi connectivity index (χ3v) is 8.10. The summed E-state index contributed by atoms with van der Waals surface area (Å²) in [5.41, 5.74) is 3.31. The predicted octanol–water partition coefficient (Wildman–Crippen LogP) is 3.46. The lowest BCUT2D eigenvalue weighted by Gasteiger charge is -2.33. The van der Waals surface area contributed by atoms with Gasteiger partial charge in [0.1, 0.15) is 0 Å². The highest BCUT2D eigenvalue weighted by atomic mass is 32.2. The van der Waals surface area contributed by atoms with Crippen LogP contribution in [0.3, 0.4) is 0 Å². The molecule has 1 aliphatic rings. The third-order valence-electron chi connectivity index (χ3n) is 5.24. The number of nitro groups is 1. The maximum atomic E-state index is 12.9. The van der Waals surface area contributed by atoms with Gasteiger partial charge in [-0.25, -0.2) is 13.4 Å². The molecule has 3 aromatic rings. The quantitative estimate of drug-likeness (QED) is 0.415. The number of piperazine rings is 1. The van der Waals surface area contributed by atoms with Gasteiger partial charge in [0.2, 0.25) is 10.0 Å². The van der Waals surface area contributed by atoms with Crippen molar-refractivity contribution < 1.29 is 13.3 Å². The number of hydrogen-bond acceptors (Lipinski definition) is 7. The zero-order valence-electron chi connectivity index (χ0n) is 17.0. The zero-order chi connectivity index (χ0) is 22.0.